The number of fused-ring (bicyclic) bond motifs is 2. The number of anilines is 4. The molecule has 0 spiro atoms. The quantitative estimate of drug-likeness (QED) is 0.338. The van der Waals surface area contributed by atoms with Gasteiger partial charge in [-0.2, -0.15) is 0 Å². The summed E-state index contributed by atoms with van der Waals surface area (Å²) in [5, 5.41) is 12.7. The minimum Gasteiger partial charge on any atom is -0.312 e. The zero-order chi connectivity index (χ0) is 24.8. The molecule has 3 heterocycles. The van der Waals surface area contributed by atoms with Gasteiger partial charge in [0.15, 0.2) is 0 Å². The number of aryl methyl sites for hydroxylation is 2. The number of nitrogens with zero attached hydrogens (tertiary/aromatic N) is 4. The summed E-state index contributed by atoms with van der Waals surface area (Å²) in [6.07, 6.45) is 0.375. The molecule has 1 fully saturated rings. The van der Waals surface area contributed by atoms with E-state index in [9.17, 15) is 9.59 Å². The van der Waals surface area contributed by atoms with Gasteiger partial charge in [0, 0.05) is 34.4 Å². The Morgan fingerprint density at radius 2 is 1.64 bits per heavy atom. The van der Waals surface area contributed by atoms with Crippen LogP contribution in [0.25, 0.3) is 0 Å². The normalized spacial score (nSPS) is 16.6. The maximum atomic E-state index is 13.5. The Morgan fingerprint density at radius 3 is 2.33 bits per heavy atom. The van der Waals surface area contributed by atoms with Crippen LogP contribution in [-0.2, 0) is 4.79 Å². The van der Waals surface area contributed by atoms with Gasteiger partial charge in [-0.05, 0) is 61.4 Å². The van der Waals surface area contributed by atoms with Gasteiger partial charge in [-0.25, -0.2) is 4.79 Å². The Morgan fingerprint density at radius 1 is 0.944 bits per heavy atom. The molecule has 0 bridgehead atoms. The number of urea groups is 1. The summed E-state index contributed by atoms with van der Waals surface area (Å²) in [5.74, 6) is 0.0122. The Kier molecular flexibility index (Phi) is 5.73. The number of benzene rings is 3. The predicted octanol–water partition coefficient (Wildman–Crippen LogP) is 6.51. The van der Waals surface area contributed by atoms with Crippen LogP contribution in [0.4, 0.5) is 27.0 Å². The van der Waals surface area contributed by atoms with E-state index in [0.29, 0.717) is 18.1 Å². The minimum absolute atomic E-state index is 0.0601. The number of rotatable bonds is 3. The SMILES string of the molecule is Cc1ccc(N2CC(c3nnc(NC(=O)N4c5ccccc5Sc5ccccc54)s3)CC2=O)cc1C. The Labute approximate surface area is 217 Å². The van der Waals surface area contributed by atoms with E-state index in [2.05, 4.69) is 22.4 Å². The second kappa shape index (κ2) is 9.07. The van der Waals surface area contributed by atoms with E-state index in [0.717, 1.165) is 37.4 Å². The summed E-state index contributed by atoms with van der Waals surface area (Å²) >= 11 is 2.97. The lowest BCUT2D eigenvalue weighted by atomic mass is 10.1. The second-order valence-electron chi connectivity index (χ2n) is 8.92. The van der Waals surface area contributed by atoms with E-state index in [1.165, 1.54) is 16.9 Å². The molecule has 2 aliphatic heterocycles. The van der Waals surface area contributed by atoms with Gasteiger partial charge in [-0.15, -0.1) is 10.2 Å². The number of aromatic nitrogens is 2. The van der Waals surface area contributed by atoms with Crippen LogP contribution in [0.1, 0.15) is 28.5 Å². The van der Waals surface area contributed by atoms with Crippen LogP contribution in [0.3, 0.4) is 0 Å². The van der Waals surface area contributed by atoms with Crippen LogP contribution in [0.2, 0.25) is 0 Å². The number of carbonyl (C=O) groups excluding carboxylic acids is 2. The third kappa shape index (κ3) is 4.04. The first-order valence-corrected chi connectivity index (χ1v) is 13.3. The first kappa shape index (κ1) is 22.8. The summed E-state index contributed by atoms with van der Waals surface area (Å²) in [5.41, 5.74) is 4.92. The van der Waals surface area contributed by atoms with Gasteiger partial charge in [0.05, 0.1) is 11.4 Å². The molecule has 6 rings (SSSR count). The Hall–Kier alpha value is -3.69. The number of carbonyl (C=O) groups is 2. The summed E-state index contributed by atoms with van der Waals surface area (Å²) in [7, 11) is 0. The molecular formula is C27H23N5O2S2. The lowest BCUT2D eigenvalue weighted by Gasteiger charge is -2.30. The fraction of sp³-hybridized carbons (Fsp3) is 0.185. The third-order valence-electron chi connectivity index (χ3n) is 6.57. The lowest BCUT2D eigenvalue weighted by Crippen LogP contribution is -2.32. The first-order valence-electron chi connectivity index (χ1n) is 11.7. The van der Waals surface area contributed by atoms with Gasteiger partial charge < -0.3 is 4.90 Å². The number of hydrogen-bond acceptors (Lipinski definition) is 6. The van der Waals surface area contributed by atoms with E-state index >= 15 is 0 Å². The average molecular weight is 514 g/mol. The van der Waals surface area contributed by atoms with E-state index in [-0.39, 0.29) is 17.9 Å². The van der Waals surface area contributed by atoms with Gasteiger partial charge in [-0.3, -0.25) is 15.0 Å². The highest BCUT2D eigenvalue weighted by atomic mass is 32.2. The lowest BCUT2D eigenvalue weighted by molar-refractivity contribution is -0.117. The van der Waals surface area contributed by atoms with Crippen molar-refractivity contribution in [3.8, 4) is 0 Å². The van der Waals surface area contributed by atoms with Crippen LogP contribution in [0, 0.1) is 13.8 Å². The van der Waals surface area contributed by atoms with Crippen molar-refractivity contribution >= 4 is 57.2 Å². The molecule has 180 valence electrons. The molecule has 7 nitrogen and oxygen atoms in total. The van der Waals surface area contributed by atoms with E-state index in [1.807, 2.05) is 78.6 Å². The van der Waals surface area contributed by atoms with Crippen molar-refractivity contribution in [2.24, 2.45) is 0 Å². The third-order valence-corrected chi connectivity index (χ3v) is 8.70. The van der Waals surface area contributed by atoms with E-state index in [4.69, 9.17) is 0 Å². The molecule has 9 heteroatoms. The molecule has 1 aromatic heterocycles. The average Bonchev–Trinajstić information content (AvgIpc) is 3.50. The molecule has 2 aliphatic rings. The molecule has 4 aromatic rings. The predicted molar refractivity (Wildman–Crippen MR) is 144 cm³/mol. The zero-order valence-corrected chi connectivity index (χ0v) is 21.4. The monoisotopic (exact) mass is 513 g/mol. The van der Waals surface area contributed by atoms with Crippen molar-refractivity contribution in [3.05, 3.63) is 82.9 Å². The molecule has 0 aliphatic carbocycles. The van der Waals surface area contributed by atoms with Gasteiger partial charge in [0.25, 0.3) is 0 Å². The highest BCUT2D eigenvalue weighted by molar-refractivity contribution is 7.99. The van der Waals surface area contributed by atoms with Gasteiger partial charge in [0.1, 0.15) is 5.01 Å². The van der Waals surface area contributed by atoms with Gasteiger partial charge in [-0.1, -0.05) is 53.4 Å². The summed E-state index contributed by atoms with van der Waals surface area (Å²) in [6, 6.07) is 21.5. The fourth-order valence-corrected chi connectivity index (χ4v) is 6.42. The van der Waals surface area contributed by atoms with Crippen LogP contribution in [-0.4, -0.2) is 28.7 Å². The van der Waals surface area contributed by atoms with Crippen LogP contribution in [0.15, 0.2) is 76.5 Å². The van der Waals surface area contributed by atoms with Gasteiger partial charge in [0.2, 0.25) is 11.0 Å². The molecule has 1 unspecified atom stereocenters. The summed E-state index contributed by atoms with van der Waals surface area (Å²) in [6.45, 7) is 4.66. The van der Waals surface area contributed by atoms with Crippen molar-refractivity contribution in [2.75, 3.05) is 21.7 Å². The number of hydrogen-bond donors (Lipinski definition) is 1. The molecule has 0 saturated carbocycles. The maximum absolute atomic E-state index is 13.5. The largest absolute Gasteiger partial charge is 0.332 e. The molecule has 1 N–H and O–H groups in total. The van der Waals surface area contributed by atoms with Crippen molar-refractivity contribution in [3.63, 3.8) is 0 Å². The highest BCUT2D eigenvalue weighted by Gasteiger charge is 2.34. The van der Waals surface area contributed by atoms with Crippen LogP contribution >= 0.6 is 23.1 Å². The second-order valence-corrected chi connectivity index (χ2v) is 11.0. The zero-order valence-electron chi connectivity index (χ0n) is 19.8. The fourth-order valence-electron chi connectivity index (χ4n) is 4.54. The number of nitrogens with one attached hydrogen (secondary N) is 1. The Balaban J connectivity index is 1.21. The minimum atomic E-state index is -0.294. The Bertz CT molecular complexity index is 1460. The molecule has 1 atom stereocenters. The van der Waals surface area contributed by atoms with Gasteiger partial charge >= 0.3 is 6.03 Å². The molecular weight excluding hydrogens is 490 g/mol. The number of amides is 3. The van der Waals surface area contributed by atoms with E-state index < -0.39 is 0 Å². The van der Waals surface area contributed by atoms with Crippen LogP contribution in [0.5, 0.6) is 0 Å². The highest BCUT2D eigenvalue weighted by Crippen LogP contribution is 2.48. The standard InChI is InChI=1S/C27H23N5O2S2/c1-16-11-12-19(13-17(16)2)31-15-18(14-24(31)33)25-29-30-26(36-25)28-27(34)32-20-7-3-5-9-22(20)35-23-10-6-4-8-21(23)32/h3-13,18H,14-15H2,1-2H3,(H,28,30,34). The molecule has 36 heavy (non-hydrogen) atoms. The molecule has 0 radical (unpaired) electrons. The summed E-state index contributed by atoms with van der Waals surface area (Å²) in [4.78, 5) is 31.8. The van der Waals surface area contributed by atoms with Crippen molar-refractivity contribution in [1.82, 2.24) is 10.2 Å². The van der Waals surface area contributed by atoms with E-state index in [1.54, 1.807) is 16.7 Å². The number of para-hydroxylation sites is 2. The first-order chi connectivity index (χ1) is 17.5. The maximum Gasteiger partial charge on any atom is 0.332 e. The molecule has 3 amide bonds. The van der Waals surface area contributed by atoms with Crippen molar-refractivity contribution in [1.29, 1.82) is 0 Å². The summed E-state index contributed by atoms with van der Waals surface area (Å²) < 4.78 is 0. The smallest absolute Gasteiger partial charge is 0.312 e. The van der Waals surface area contributed by atoms with Crippen LogP contribution < -0.4 is 15.1 Å². The van der Waals surface area contributed by atoms with Crippen molar-refractivity contribution < 1.29 is 9.59 Å². The van der Waals surface area contributed by atoms with Crippen molar-refractivity contribution in [2.45, 2.75) is 36.0 Å². The topological polar surface area (TPSA) is 78.4 Å². The molecule has 1 saturated heterocycles. The molecule has 3 aromatic carbocycles.